The molecule has 0 saturated heterocycles. The molecule has 0 aliphatic rings. The summed E-state index contributed by atoms with van der Waals surface area (Å²) in [5.74, 6) is -0.0833. The summed E-state index contributed by atoms with van der Waals surface area (Å²) in [5.41, 5.74) is 5.37. The Hall–Kier alpha value is -1.20. The number of sulfone groups is 1. The van der Waals surface area contributed by atoms with Crippen LogP contribution in [-0.4, -0.2) is 27.0 Å². The molecule has 2 N–H and O–H groups in total. The van der Waals surface area contributed by atoms with E-state index in [0.29, 0.717) is 5.56 Å². The fraction of sp³-hybridized carbons (Fsp3) is 0.417. The first-order valence-corrected chi connectivity index (χ1v) is 7.12. The van der Waals surface area contributed by atoms with Gasteiger partial charge in [0.05, 0.1) is 4.90 Å². The molecule has 0 aromatic heterocycles. The first-order valence-electron chi connectivity index (χ1n) is 5.23. The molecule has 1 aromatic carbocycles. The number of hydrogen-bond acceptors (Lipinski definition) is 4. The Bertz CT molecular complexity index is 515. The third-order valence-electron chi connectivity index (χ3n) is 2.67. The van der Waals surface area contributed by atoms with E-state index in [9.17, 15) is 13.2 Å². The molecule has 94 valence electrons. The smallest absolute Gasteiger partial charge is 0.175 e. The summed E-state index contributed by atoms with van der Waals surface area (Å²) in [7, 11) is -3.22. The van der Waals surface area contributed by atoms with Gasteiger partial charge in [-0.1, -0.05) is 26.0 Å². The Balaban J connectivity index is 3.09. The van der Waals surface area contributed by atoms with Gasteiger partial charge in [0.25, 0.3) is 0 Å². The molecule has 0 fully saturated rings. The van der Waals surface area contributed by atoms with Gasteiger partial charge in [0.15, 0.2) is 15.6 Å². The van der Waals surface area contributed by atoms with E-state index in [-0.39, 0.29) is 17.2 Å². The maximum absolute atomic E-state index is 12.0. The van der Waals surface area contributed by atoms with Gasteiger partial charge >= 0.3 is 0 Å². The van der Waals surface area contributed by atoms with E-state index >= 15 is 0 Å². The van der Waals surface area contributed by atoms with Crippen molar-refractivity contribution in [3.63, 3.8) is 0 Å². The van der Waals surface area contributed by atoms with Crippen LogP contribution in [-0.2, 0) is 9.84 Å². The largest absolute Gasteiger partial charge is 0.329 e. The van der Waals surface area contributed by atoms with Gasteiger partial charge in [0.1, 0.15) is 0 Å². The zero-order valence-electron chi connectivity index (χ0n) is 10.2. The zero-order valence-corrected chi connectivity index (χ0v) is 11.0. The summed E-state index contributed by atoms with van der Waals surface area (Å²) in [5, 5.41) is 0. The van der Waals surface area contributed by atoms with Crippen molar-refractivity contribution in [3.8, 4) is 0 Å². The van der Waals surface area contributed by atoms with E-state index in [1.54, 1.807) is 13.8 Å². The predicted octanol–water partition coefficient (Wildman–Crippen LogP) is 1.26. The van der Waals surface area contributed by atoms with Crippen molar-refractivity contribution < 1.29 is 13.2 Å². The molecule has 0 heterocycles. The van der Waals surface area contributed by atoms with Crippen molar-refractivity contribution in [2.45, 2.75) is 18.7 Å². The van der Waals surface area contributed by atoms with E-state index in [2.05, 4.69) is 0 Å². The zero-order chi connectivity index (χ0) is 13.3. The molecule has 17 heavy (non-hydrogen) atoms. The molecular weight excluding hydrogens is 238 g/mol. The van der Waals surface area contributed by atoms with Gasteiger partial charge in [-0.15, -0.1) is 0 Å². The Morgan fingerprint density at radius 3 is 2.06 bits per heavy atom. The molecular formula is C12H17NO3S. The number of carbonyl (C=O) groups is 1. The summed E-state index contributed by atoms with van der Waals surface area (Å²) >= 11 is 0. The van der Waals surface area contributed by atoms with Crippen molar-refractivity contribution in [1.82, 2.24) is 0 Å². The van der Waals surface area contributed by atoms with Crippen molar-refractivity contribution >= 4 is 15.6 Å². The lowest BCUT2D eigenvalue weighted by atomic mass is 9.84. The maximum atomic E-state index is 12.0. The molecule has 0 spiro atoms. The Labute approximate surface area is 102 Å². The Morgan fingerprint density at radius 2 is 1.71 bits per heavy atom. The quantitative estimate of drug-likeness (QED) is 0.822. The standard InChI is InChI=1S/C12H17NO3S/c1-12(2,8-13)11(14)9-4-6-10(7-5-9)17(3,15)16/h4-7H,8,13H2,1-3H3. The highest BCUT2D eigenvalue weighted by atomic mass is 32.2. The van der Waals surface area contributed by atoms with Crippen LogP contribution in [0, 0.1) is 5.41 Å². The minimum atomic E-state index is -3.22. The van der Waals surface area contributed by atoms with E-state index in [4.69, 9.17) is 5.73 Å². The summed E-state index contributed by atoms with van der Waals surface area (Å²) < 4.78 is 22.5. The second-order valence-electron chi connectivity index (χ2n) is 4.71. The maximum Gasteiger partial charge on any atom is 0.175 e. The molecule has 0 bridgehead atoms. The second-order valence-corrected chi connectivity index (χ2v) is 6.73. The van der Waals surface area contributed by atoms with Gasteiger partial charge in [-0.25, -0.2) is 8.42 Å². The van der Waals surface area contributed by atoms with Crippen LogP contribution >= 0.6 is 0 Å². The van der Waals surface area contributed by atoms with Crippen molar-refractivity contribution in [2.75, 3.05) is 12.8 Å². The van der Waals surface area contributed by atoms with Gasteiger partial charge in [-0.05, 0) is 12.1 Å². The van der Waals surface area contributed by atoms with E-state index < -0.39 is 15.3 Å². The second kappa shape index (κ2) is 4.58. The van der Waals surface area contributed by atoms with E-state index in [1.807, 2.05) is 0 Å². The first-order chi connectivity index (χ1) is 7.68. The number of ketones is 1. The fourth-order valence-electron chi connectivity index (χ4n) is 1.34. The fourth-order valence-corrected chi connectivity index (χ4v) is 1.97. The molecule has 4 nitrogen and oxygen atoms in total. The average Bonchev–Trinajstić information content (AvgIpc) is 2.27. The Morgan fingerprint density at radius 1 is 1.24 bits per heavy atom. The molecule has 0 saturated carbocycles. The van der Waals surface area contributed by atoms with Gasteiger partial charge < -0.3 is 5.73 Å². The molecule has 0 radical (unpaired) electrons. The normalized spacial score (nSPS) is 12.5. The first kappa shape index (κ1) is 13.9. The van der Waals surface area contributed by atoms with Crippen LogP contribution in [0.4, 0.5) is 0 Å². The molecule has 1 rings (SSSR count). The molecule has 0 unspecified atom stereocenters. The van der Waals surface area contributed by atoms with Gasteiger partial charge in [-0.2, -0.15) is 0 Å². The van der Waals surface area contributed by atoms with Crippen molar-refractivity contribution in [2.24, 2.45) is 11.1 Å². The van der Waals surface area contributed by atoms with Gasteiger partial charge in [0, 0.05) is 23.8 Å². The highest BCUT2D eigenvalue weighted by molar-refractivity contribution is 7.90. The van der Waals surface area contributed by atoms with Gasteiger partial charge in [-0.3, -0.25) is 4.79 Å². The van der Waals surface area contributed by atoms with Crippen molar-refractivity contribution in [1.29, 1.82) is 0 Å². The van der Waals surface area contributed by atoms with Crippen LogP contribution in [0.2, 0.25) is 0 Å². The summed E-state index contributed by atoms with van der Waals surface area (Å²) in [6, 6.07) is 5.93. The molecule has 0 amide bonds. The minimum Gasteiger partial charge on any atom is -0.329 e. The predicted molar refractivity (Wildman–Crippen MR) is 66.7 cm³/mol. The number of rotatable bonds is 4. The van der Waals surface area contributed by atoms with Crippen LogP contribution in [0.3, 0.4) is 0 Å². The Kier molecular flexibility index (Phi) is 3.74. The van der Waals surface area contributed by atoms with Crippen LogP contribution in [0.1, 0.15) is 24.2 Å². The topological polar surface area (TPSA) is 77.2 Å². The van der Waals surface area contributed by atoms with E-state index in [1.165, 1.54) is 24.3 Å². The number of Topliss-reactive ketones (excluding diaryl/α,β-unsaturated/α-hetero) is 1. The van der Waals surface area contributed by atoms with Crippen LogP contribution in [0.5, 0.6) is 0 Å². The van der Waals surface area contributed by atoms with Gasteiger partial charge in [0.2, 0.25) is 0 Å². The lowest BCUT2D eigenvalue weighted by molar-refractivity contribution is 0.0847. The molecule has 0 atom stereocenters. The van der Waals surface area contributed by atoms with E-state index in [0.717, 1.165) is 6.26 Å². The molecule has 0 aliphatic heterocycles. The third kappa shape index (κ3) is 3.14. The average molecular weight is 255 g/mol. The number of nitrogens with two attached hydrogens (primary N) is 1. The number of carbonyl (C=O) groups excluding carboxylic acids is 1. The van der Waals surface area contributed by atoms with Crippen molar-refractivity contribution in [3.05, 3.63) is 29.8 Å². The minimum absolute atomic E-state index is 0.0833. The number of benzene rings is 1. The molecule has 5 heteroatoms. The van der Waals surface area contributed by atoms with Crippen LogP contribution < -0.4 is 5.73 Å². The molecule has 0 aliphatic carbocycles. The highest BCUT2D eigenvalue weighted by Gasteiger charge is 2.26. The third-order valence-corrected chi connectivity index (χ3v) is 3.80. The van der Waals surface area contributed by atoms with Crippen LogP contribution in [0.25, 0.3) is 0 Å². The highest BCUT2D eigenvalue weighted by Crippen LogP contribution is 2.21. The summed E-state index contributed by atoms with van der Waals surface area (Å²) in [4.78, 5) is 12.2. The molecule has 1 aromatic rings. The summed E-state index contributed by atoms with van der Waals surface area (Å²) in [6.45, 7) is 3.78. The summed E-state index contributed by atoms with van der Waals surface area (Å²) in [6.07, 6.45) is 1.13. The monoisotopic (exact) mass is 255 g/mol. The van der Waals surface area contributed by atoms with Crippen LogP contribution in [0.15, 0.2) is 29.2 Å². The number of hydrogen-bond donors (Lipinski definition) is 1. The SMILES string of the molecule is CC(C)(CN)C(=O)c1ccc(S(C)(=O)=O)cc1. The lowest BCUT2D eigenvalue weighted by Gasteiger charge is -2.20. The lowest BCUT2D eigenvalue weighted by Crippen LogP contribution is -2.32.